The molecule has 3 aromatic rings. The number of carbonyl (C=O) groups is 1. The fourth-order valence-corrected chi connectivity index (χ4v) is 4.79. The van der Waals surface area contributed by atoms with E-state index in [1.807, 2.05) is 42.3 Å². The van der Waals surface area contributed by atoms with Crippen molar-refractivity contribution in [1.82, 2.24) is 19.4 Å². The average molecular weight is 368 g/mol. The maximum Gasteiger partial charge on any atom is 0.271 e. The molecule has 1 amide bonds. The largest absolute Gasteiger partial charge is 0.468 e. The number of furan rings is 1. The van der Waals surface area contributed by atoms with Gasteiger partial charge in [-0.15, -0.1) is 11.3 Å². The number of hydrogen-bond acceptors (Lipinski definition) is 5. The highest BCUT2D eigenvalue weighted by atomic mass is 32.1. The molecule has 1 saturated heterocycles. The molecule has 6 nitrogen and oxygen atoms in total. The normalized spacial score (nSPS) is 22.7. The Bertz CT molecular complexity index is 929. The van der Waals surface area contributed by atoms with Crippen molar-refractivity contribution in [3.05, 3.63) is 64.3 Å². The molecule has 0 bridgehead atoms. The molecule has 2 aliphatic rings. The van der Waals surface area contributed by atoms with Crippen molar-refractivity contribution in [3.63, 3.8) is 0 Å². The van der Waals surface area contributed by atoms with Crippen LogP contribution in [0, 0.1) is 6.92 Å². The quantitative estimate of drug-likeness (QED) is 0.711. The molecule has 26 heavy (non-hydrogen) atoms. The summed E-state index contributed by atoms with van der Waals surface area (Å²) in [5.41, 5.74) is 1.75. The van der Waals surface area contributed by atoms with Crippen molar-refractivity contribution in [2.45, 2.75) is 32.1 Å². The summed E-state index contributed by atoms with van der Waals surface area (Å²) >= 11 is 1.63. The number of hydrogen-bond donors (Lipinski definition) is 0. The molecule has 1 fully saturated rings. The van der Waals surface area contributed by atoms with Crippen LogP contribution in [0.3, 0.4) is 0 Å². The van der Waals surface area contributed by atoms with E-state index in [2.05, 4.69) is 19.8 Å². The summed E-state index contributed by atoms with van der Waals surface area (Å²) in [6.45, 7) is 5.10. The second-order valence-electron chi connectivity index (χ2n) is 7.00. The fourth-order valence-electron chi connectivity index (χ4n) is 4.19. The Kier molecular flexibility index (Phi) is 3.72. The molecule has 2 atom stereocenters. The van der Waals surface area contributed by atoms with Gasteiger partial charge in [-0.1, -0.05) is 0 Å². The van der Waals surface area contributed by atoms with Gasteiger partial charge in [-0.3, -0.25) is 9.69 Å². The second kappa shape index (κ2) is 6.10. The Balaban J connectivity index is 1.45. The van der Waals surface area contributed by atoms with E-state index >= 15 is 0 Å². The van der Waals surface area contributed by atoms with Crippen LogP contribution in [0.4, 0.5) is 0 Å². The summed E-state index contributed by atoms with van der Waals surface area (Å²) in [5, 5.41) is 3.09. The third-order valence-corrected chi connectivity index (χ3v) is 6.13. The smallest absolute Gasteiger partial charge is 0.271 e. The van der Waals surface area contributed by atoms with Crippen molar-refractivity contribution in [2.24, 2.45) is 0 Å². The number of likely N-dealkylation sites (tertiary alicyclic amines) is 1. The summed E-state index contributed by atoms with van der Waals surface area (Å²) in [5.74, 6) is 1.06. The molecular weight excluding hydrogens is 348 g/mol. The fraction of sp³-hybridized carbons (Fsp3) is 0.368. The summed E-state index contributed by atoms with van der Waals surface area (Å²) < 4.78 is 7.66. The molecular formula is C19H20N4O2S. The van der Waals surface area contributed by atoms with Crippen LogP contribution < -0.4 is 0 Å². The molecule has 5 rings (SSSR count). The van der Waals surface area contributed by atoms with Crippen LogP contribution in [0.25, 0.3) is 0 Å². The van der Waals surface area contributed by atoms with E-state index in [9.17, 15) is 4.79 Å². The van der Waals surface area contributed by atoms with E-state index in [1.165, 1.54) is 0 Å². The molecule has 7 heteroatoms. The number of fused-ring (bicyclic) bond motifs is 3. The monoisotopic (exact) mass is 368 g/mol. The van der Waals surface area contributed by atoms with Crippen LogP contribution in [-0.4, -0.2) is 44.4 Å². The van der Waals surface area contributed by atoms with Crippen LogP contribution in [0.5, 0.6) is 0 Å². The Hall–Kier alpha value is -2.38. The standard InChI is InChI=1S/C19H20N4O2S/c1-13-20-14(12-26-13)8-23-18-11-21(9-15-4-3-7-25-15)10-17(18)22-6-2-5-16(22)19(23)24/h2-7,12,17-18H,8-11H2,1H3. The third-order valence-electron chi connectivity index (χ3n) is 5.31. The van der Waals surface area contributed by atoms with Crippen molar-refractivity contribution in [1.29, 1.82) is 0 Å². The molecule has 0 radical (unpaired) electrons. The lowest BCUT2D eigenvalue weighted by Crippen LogP contribution is -2.49. The van der Waals surface area contributed by atoms with E-state index in [0.29, 0.717) is 6.54 Å². The van der Waals surface area contributed by atoms with Gasteiger partial charge in [0.25, 0.3) is 5.91 Å². The lowest BCUT2D eigenvalue weighted by molar-refractivity contribution is 0.0553. The van der Waals surface area contributed by atoms with Crippen molar-refractivity contribution < 1.29 is 9.21 Å². The van der Waals surface area contributed by atoms with Gasteiger partial charge in [-0.25, -0.2) is 4.98 Å². The van der Waals surface area contributed by atoms with Gasteiger partial charge in [-0.05, 0) is 31.2 Å². The van der Waals surface area contributed by atoms with Crippen molar-refractivity contribution in [3.8, 4) is 0 Å². The van der Waals surface area contributed by atoms with Gasteiger partial charge in [0, 0.05) is 24.7 Å². The lowest BCUT2D eigenvalue weighted by atomic mass is 10.1. The first-order valence-corrected chi connectivity index (χ1v) is 9.70. The average Bonchev–Trinajstić information content (AvgIpc) is 3.39. The van der Waals surface area contributed by atoms with E-state index in [4.69, 9.17) is 4.42 Å². The Morgan fingerprint density at radius 2 is 2.12 bits per heavy atom. The minimum atomic E-state index is 0.0988. The summed E-state index contributed by atoms with van der Waals surface area (Å²) in [6.07, 6.45) is 3.74. The number of rotatable bonds is 4. The van der Waals surface area contributed by atoms with Gasteiger partial charge in [-0.2, -0.15) is 0 Å². The predicted molar refractivity (Wildman–Crippen MR) is 98.0 cm³/mol. The molecule has 0 aromatic carbocycles. The highest BCUT2D eigenvalue weighted by Crippen LogP contribution is 2.35. The minimum absolute atomic E-state index is 0.0988. The first kappa shape index (κ1) is 15.8. The topological polar surface area (TPSA) is 54.5 Å². The van der Waals surface area contributed by atoms with Crippen molar-refractivity contribution >= 4 is 17.2 Å². The minimum Gasteiger partial charge on any atom is -0.468 e. The molecule has 0 N–H and O–H groups in total. The highest BCUT2D eigenvalue weighted by Gasteiger charge is 2.45. The van der Waals surface area contributed by atoms with Gasteiger partial charge in [0.15, 0.2) is 0 Å². The van der Waals surface area contributed by atoms with E-state index in [-0.39, 0.29) is 18.0 Å². The zero-order valence-corrected chi connectivity index (χ0v) is 15.4. The van der Waals surface area contributed by atoms with Crippen LogP contribution in [0.2, 0.25) is 0 Å². The van der Waals surface area contributed by atoms with Crippen LogP contribution in [0.15, 0.2) is 46.5 Å². The first-order chi connectivity index (χ1) is 12.7. The zero-order valence-electron chi connectivity index (χ0n) is 14.5. The number of nitrogens with zero attached hydrogens (tertiary/aromatic N) is 4. The van der Waals surface area contributed by atoms with E-state index in [1.54, 1.807) is 17.6 Å². The van der Waals surface area contributed by atoms with Gasteiger partial charge >= 0.3 is 0 Å². The molecule has 2 unspecified atom stereocenters. The lowest BCUT2D eigenvalue weighted by Gasteiger charge is -2.38. The molecule has 0 spiro atoms. The highest BCUT2D eigenvalue weighted by molar-refractivity contribution is 7.09. The Morgan fingerprint density at radius 3 is 2.88 bits per heavy atom. The van der Waals surface area contributed by atoms with E-state index in [0.717, 1.165) is 41.8 Å². The number of amides is 1. The summed E-state index contributed by atoms with van der Waals surface area (Å²) in [7, 11) is 0. The molecule has 2 aliphatic heterocycles. The van der Waals surface area contributed by atoms with Gasteiger partial charge in [0.05, 0.1) is 42.1 Å². The summed E-state index contributed by atoms with van der Waals surface area (Å²) in [4.78, 5) is 22.0. The Labute approximate surface area is 155 Å². The van der Waals surface area contributed by atoms with Gasteiger partial charge in [0.2, 0.25) is 0 Å². The number of aromatic nitrogens is 2. The molecule has 5 heterocycles. The van der Waals surface area contributed by atoms with Gasteiger partial charge < -0.3 is 13.9 Å². The molecule has 134 valence electrons. The first-order valence-electron chi connectivity index (χ1n) is 8.82. The zero-order chi connectivity index (χ0) is 17.7. The molecule has 3 aromatic heterocycles. The SMILES string of the molecule is Cc1nc(CN2C(=O)c3cccn3C3CN(Cc4ccco4)CC32)cs1. The van der Waals surface area contributed by atoms with Crippen molar-refractivity contribution in [2.75, 3.05) is 13.1 Å². The second-order valence-corrected chi connectivity index (χ2v) is 8.06. The van der Waals surface area contributed by atoms with Gasteiger partial charge in [0.1, 0.15) is 11.5 Å². The van der Waals surface area contributed by atoms with Crippen LogP contribution in [0.1, 0.15) is 33.0 Å². The number of aryl methyl sites for hydroxylation is 1. The third kappa shape index (κ3) is 2.59. The summed E-state index contributed by atoms with van der Waals surface area (Å²) in [6, 6.07) is 8.24. The maximum absolute atomic E-state index is 13.1. The number of thiazole rings is 1. The van der Waals surface area contributed by atoms with E-state index < -0.39 is 0 Å². The maximum atomic E-state index is 13.1. The number of carbonyl (C=O) groups excluding carboxylic acids is 1. The Morgan fingerprint density at radius 1 is 1.23 bits per heavy atom. The van der Waals surface area contributed by atoms with Crippen LogP contribution in [-0.2, 0) is 13.1 Å². The predicted octanol–water partition coefficient (Wildman–Crippen LogP) is 2.93. The molecule has 0 aliphatic carbocycles. The molecule has 0 saturated carbocycles. The van der Waals surface area contributed by atoms with Crippen LogP contribution >= 0.6 is 11.3 Å².